The summed E-state index contributed by atoms with van der Waals surface area (Å²) in [6.07, 6.45) is 0. The molecule has 0 atom stereocenters. The molecule has 2 rings (SSSR count). The molecular weight excluding hydrogens is 300 g/mol. The van der Waals surface area contributed by atoms with E-state index in [9.17, 15) is 4.79 Å². The maximum atomic E-state index is 11.7. The highest BCUT2D eigenvalue weighted by Crippen LogP contribution is 2.22. The second-order valence-electron chi connectivity index (χ2n) is 3.96. The number of ketones is 1. The van der Waals surface area contributed by atoms with Crippen LogP contribution in [0.5, 0.6) is 0 Å². The number of halogens is 1. The van der Waals surface area contributed by atoms with E-state index < -0.39 is 0 Å². The van der Waals surface area contributed by atoms with E-state index in [0.29, 0.717) is 4.88 Å². The summed E-state index contributed by atoms with van der Waals surface area (Å²) in [6.45, 7) is 3.83. The Morgan fingerprint density at radius 3 is 2.65 bits per heavy atom. The zero-order chi connectivity index (χ0) is 12.3. The summed E-state index contributed by atoms with van der Waals surface area (Å²) in [5.41, 5.74) is 0. The molecule has 1 aromatic rings. The van der Waals surface area contributed by atoms with Crippen molar-refractivity contribution in [3.8, 4) is 12.0 Å². The molecule has 2 heterocycles. The van der Waals surface area contributed by atoms with E-state index in [1.807, 2.05) is 11.0 Å². The Labute approximate surface area is 114 Å². The third kappa shape index (κ3) is 3.56. The number of thiophene rings is 1. The Balaban J connectivity index is 1.95. The number of rotatable bonds is 1. The van der Waals surface area contributed by atoms with Crippen molar-refractivity contribution >= 4 is 33.0 Å². The van der Waals surface area contributed by atoms with E-state index >= 15 is 0 Å². The van der Waals surface area contributed by atoms with Gasteiger partial charge in [0.05, 0.1) is 8.66 Å². The number of hydrogen-bond donors (Lipinski definition) is 0. The summed E-state index contributed by atoms with van der Waals surface area (Å²) < 4.78 is 0.960. The number of hydrogen-bond acceptors (Lipinski definition) is 4. The van der Waals surface area contributed by atoms with E-state index in [1.54, 1.807) is 6.07 Å². The van der Waals surface area contributed by atoms with Crippen LogP contribution in [0.4, 0.5) is 0 Å². The zero-order valence-corrected chi connectivity index (χ0v) is 12.0. The first kappa shape index (κ1) is 12.6. The largest absolute Gasteiger partial charge is 0.330 e. The molecular formula is C12H13BrN2OS. The maximum absolute atomic E-state index is 11.7. The van der Waals surface area contributed by atoms with Gasteiger partial charge in [-0.15, -0.1) is 11.3 Å². The monoisotopic (exact) mass is 312 g/mol. The van der Waals surface area contributed by atoms with Gasteiger partial charge in [-0.1, -0.05) is 0 Å². The van der Waals surface area contributed by atoms with Crippen LogP contribution in [0.2, 0.25) is 0 Å². The van der Waals surface area contributed by atoms with Crippen LogP contribution < -0.4 is 0 Å². The quantitative estimate of drug-likeness (QED) is 0.584. The van der Waals surface area contributed by atoms with Crippen molar-refractivity contribution in [2.75, 3.05) is 33.2 Å². The van der Waals surface area contributed by atoms with Gasteiger partial charge in [-0.2, -0.15) is 0 Å². The van der Waals surface area contributed by atoms with Gasteiger partial charge >= 0.3 is 0 Å². The van der Waals surface area contributed by atoms with Crippen molar-refractivity contribution < 1.29 is 4.79 Å². The molecule has 1 saturated heterocycles. The summed E-state index contributed by atoms with van der Waals surface area (Å²) >= 11 is 4.76. The van der Waals surface area contributed by atoms with Crippen molar-refractivity contribution in [2.24, 2.45) is 0 Å². The lowest BCUT2D eigenvalue weighted by Gasteiger charge is -2.29. The molecule has 0 N–H and O–H groups in total. The highest BCUT2D eigenvalue weighted by atomic mass is 79.9. The molecule has 0 bridgehead atoms. The SMILES string of the molecule is CN1CCN(C#CC(=O)c2ccc(Br)s2)CC1. The van der Waals surface area contributed by atoms with Crippen LogP contribution in [0.15, 0.2) is 15.9 Å². The molecule has 0 unspecified atom stereocenters. The first-order valence-electron chi connectivity index (χ1n) is 5.40. The fourth-order valence-corrected chi connectivity index (χ4v) is 2.83. The van der Waals surface area contributed by atoms with Crippen molar-refractivity contribution in [3.63, 3.8) is 0 Å². The lowest BCUT2D eigenvalue weighted by Crippen LogP contribution is -2.42. The molecule has 0 amide bonds. The molecule has 1 aliphatic heterocycles. The normalized spacial score (nSPS) is 16.5. The zero-order valence-electron chi connectivity index (χ0n) is 9.57. The van der Waals surface area contributed by atoms with Gasteiger partial charge in [0.25, 0.3) is 0 Å². The minimum atomic E-state index is -0.0976. The van der Waals surface area contributed by atoms with Gasteiger partial charge in [0.1, 0.15) is 0 Å². The Bertz CT molecular complexity index is 466. The van der Waals surface area contributed by atoms with Gasteiger partial charge in [0.2, 0.25) is 5.78 Å². The number of nitrogens with zero attached hydrogens (tertiary/aromatic N) is 2. The van der Waals surface area contributed by atoms with Crippen molar-refractivity contribution in [2.45, 2.75) is 0 Å². The smallest absolute Gasteiger partial charge is 0.247 e. The molecule has 0 aliphatic carbocycles. The van der Waals surface area contributed by atoms with E-state index in [2.05, 4.69) is 39.8 Å². The molecule has 17 heavy (non-hydrogen) atoms. The highest BCUT2D eigenvalue weighted by molar-refractivity contribution is 9.11. The first-order valence-corrected chi connectivity index (χ1v) is 7.01. The molecule has 3 nitrogen and oxygen atoms in total. The Kier molecular flexibility index (Phi) is 4.21. The predicted molar refractivity (Wildman–Crippen MR) is 73.2 cm³/mol. The van der Waals surface area contributed by atoms with E-state index in [0.717, 1.165) is 30.0 Å². The molecule has 0 spiro atoms. The van der Waals surface area contributed by atoms with Crippen molar-refractivity contribution in [1.82, 2.24) is 9.80 Å². The van der Waals surface area contributed by atoms with Gasteiger partial charge in [-0.05, 0) is 35.1 Å². The standard InChI is InChI=1S/C12H13BrN2OS/c1-14-6-8-15(9-7-14)5-4-10(16)11-2-3-12(13)17-11/h2-3H,6-9H2,1H3. The first-order chi connectivity index (χ1) is 8.15. The van der Waals surface area contributed by atoms with E-state index in [4.69, 9.17) is 0 Å². The lowest BCUT2D eigenvalue weighted by molar-refractivity contribution is 0.105. The summed E-state index contributed by atoms with van der Waals surface area (Å²) in [5, 5.41) is 0. The van der Waals surface area contributed by atoms with Crippen LogP contribution >= 0.6 is 27.3 Å². The highest BCUT2D eigenvalue weighted by Gasteiger charge is 2.11. The number of piperazine rings is 1. The van der Waals surface area contributed by atoms with Gasteiger partial charge in [-0.3, -0.25) is 4.79 Å². The third-order valence-corrected chi connectivity index (χ3v) is 4.25. The van der Waals surface area contributed by atoms with Crippen LogP contribution in [0.25, 0.3) is 0 Å². The summed E-state index contributed by atoms with van der Waals surface area (Å²) in [6, 6.07) is 6.62. The molecule has 1 aromatic heterocycles. The fraction of sp³-hybridized carbons (Fsp3) is 0.417. The van der Waals surface area contributed by atoms with Crippen LogP contribution in [0.3, 0.4) is 0 Å². The van der Waals surface area contributed by atoms with Gasteiger partial charge in [-0.25, -0.2) is 0 Å². The molecule has 0 aromatic carbocycles. The third-order valence-electron chi connectivity index (χ3n) is 2.63. The lowest BCUT2D eigenvalue weighted by atomic mass is 10.3. The Hall–Kier alpha value is -0.830. The molecule has 90 valence electrons. The molecule has 0 saturated carbocycles. The fourth-order valence-electron chi connectivity index (χ4n) is 1.55. The topological polar surface area (TPSA) is 23.6 Å². The molecule has 5 heteroatoms. The molecule has 1 fully saturated rings. The minimum Gasteiger partial charge on any atom is -0.330 e. The molecule has 0 radical (unpaired) electrons. The van der Waals surface area contributed by atoms with E-state index in [-0.39, 0.29) is 5.78 Å². The van der Waals surface area contributed by atoms with Crippen LogP contribution in [0, 0.1) is 12.0 Å². The number of likely N-dealkylation sites (N-methyl/N-ethyl adjacent to an activating group) is 1. The Morgan fingerprint density at radius 1 is 1.35 bits per heavy atom. The predicted octanol–water partition coefficient (Wildman–Crippen LogP) is 1.90. The second kappa shape index (κ2) is 5.67. The average Bonchev–Trinajstić information content (AvgIpc) is 2.75. The maximum Gasteiger partial charge on any atom is 0.247 e. The minimum absolute atomic E-state index is 0.0976. The second-order valence-corrected chi connectivity index (χ2v) is 6.42. The van der Waals surface area contributed by atoms with Crippen LogP contribution in [-0.2, 0) is 0 Å². The Morgan fingerprint density at radius 2 is 2.06 bits per heavy atom. The van der Waals surface area contributed by atoms with Crippen LogP contribution in [-0.4, -0.2) is 48.8 Å². The summed E-state index contributed by atoms with van der Waals surface area (Å²) in [5.74, 6) is 2.61. The van der Waals surface area contributed by atoms with Gasteiger partial charge in [0.15, 0.2) is 0 Å². The van der Waals surface area contributed by atoms with Crippen LogP contribution in [0.1, 0.15) is 9.67 Å². The van der Waals surface area contributed by atoms with Gasteiger partial charge in [0, 0.05) is 38.1 Å². The number of carbonyl (C=O) groups excluding carboxylic acids is 1. The average molecular weight is 313 g/mol. The number of carbonyl (C=O) groups is 1. The van der Waals surface area contributed by atoms with Crippen molar-refractivity contribution in [1.29, 1.82) is 0 Å². The number of Topliss-reactive ketones (excluding diaryl/α,β-unsaturated/α-hetero) is 1. The van der Waals surface area contributed by atoms with E-state index in [1.165, 1.54) is 11.3 Å². The van der Waals surface area contributed by atoms with Gasteiger partial charge < -0.3 is 9.80 Å². The summed E-state index contributed by atoms with van der Waals surface area (Å²) in [7, 11) is 2.10. The molecule has 1 aliphatic rings. The summed E-state index contributed by atoms with van der Waals surface area (Å²) in [4.78, 5) is 16.7. The van der Waals surface area contributed by atoms with Crippen molar-refractivity contribution in [3.05, 3.63) is 20.8 Å².